The van der Waals surface area contributed by atoms with Crippen molar-refractivity contribution in [2.45, 2.75) is 33.8 Å². The van der Waals surface area contributed by atoms with Gasteiger partial charge < -0.3 is 15.4 Å². The quantitative estimate of drug-likeness (QED) is 0.745. The van der Waals surface area contributed by atoms with Gasteiger partial charge in [0.1, 0.15) is 0 Å². The number of amides is 2. The molecule has 0 fully saturated rings. The van der Waals surface area contributed by atoms with Gasteiger partial charge in [0.2, 0.25) is 5.88 Å². The van der Waals surface area contributed by atoms with Crippen molar-refractivity contribution in [1.82, 2.24) is 10.3 Å². The van der Waals surface area contributed by atoms with E-state index in [1.165, 1.54) is 6.20 Å². The van der Waals surface area contributed by atoms with E-state index in [2.05, 4.69) is 15.6 Å². The fraction of sp³-hybridized carbons (Fsp3) is 0.350. The summed E-state index contributed by atoms with van der Waals surface area (Å²) >= 11 is 6.20. The Morgan fingerprint density at radius 3 is 2.41 bits per heavy atom. The Balaban J connectivity index is 2.03. The van der Waals surface area contributed by atoms with Crippen LogP contribution in [-0.4, -0.2) is 29.4 Å². The zero-order chi connectivity index (χ0) is 20.0. The molecule has 0 aliphatic carbocycles. The smallest absolute Gasteiger partial charge is 0.257 e. The van der Waals surface area contributed by atoms with Crippen LogP contribution in [0.2, 0.25) is 5.02 Å². The highest BCUT2D eigenvalue weighted by molar-refractivity contribution is 6.34. The largest absolute Gasteiger partial charge is 0.475 e. The van der Waals surface area contributed by atoms with Crippen molar-refractivity contribution < 1.29 is 14.3 Å². The van der Waals surface area contributed by atoms with Crippen molar-refractivity contribution in [3.05, 3.63) is 52.7 Å². The topological polar surface area (TPSA) is 80.3 Å². The average molecular weight is 390 g/mol. The van der Waals surface area contributed by atoms with Gasteiger partial charge in [0, 0.05) is 24.5 Å². The standard InChI is InChI=1S/C20H24ClN3O3/c1-12(2)10-23-20(26)16-7-6-15(9-17(16)21)24-19(25)14-5-8-18(22-11-14)27-13(3)4/h5-9,11-13H,10H2,1-4H3,(H,23,26)(H,24,25). The second-order valence-corrected chi connectivity index (χ2v) is 7.21. The maximum absolute atomic E-state index is 12.3. The molecule has 0 bridgehead atoms. The van der Waals surface area contributed by atoms with E-state index >= 15 is 0 Å². The van der Waals surface area contributed by atoms with Gasteiger partial charge in [-0.05, 0) is 44.0 Å². The lowest BCUT2D eigenvalue weighted by Gasteiger charge is -2.11. The molecular weight excluding hydrogens is 366 g/mol. The van der Waals surface area contributed by atoms with E-state index in [-0.39, 0.29) is 22.9 Å². The van der Waals surface area contributed by atoms with Crippen LogP contribution in [-0.2, 0) is 0 Å². The third-order valence-corrected chi connectivity index (χ3v) is 3.81. The highest BCUT2D eigenvalue weighted by atomic mass is 35.5. The molecule has 2 amide bonds. The summed E-state index contributed by atoms with van der Waals surface area (Å²) in [5.41, 5.74) is 1.25. The van der Waals surface area contributed by atoms with Gasteiger partial charge in [-0.1, -0.05) is 25.4 Å². The molecule has 6 nitrogen and oxygen atoms in total. The molecule has 2 aromatic rings. The van der Waals surface area contributed by atoms with E-state index < -0.39 is 0 Å². The number of anilines is 1. The summed E-state index contributed by atoms with van der Waals surface area (Å²) in [4.78, 5) is 28.6. The third-order valence-electron chi connectivity index (χ3n) is 3.50. The first-order valence-electron chi connectivity index (χ1n) is 8.78. The summed E-state index contributed by atoms with van der Waals surface area (Å²) < 4.78 is 5.45. The number of aromatic nitrogens is 1. The SMILES string of the molecule is CC(C)CNC(=O)c1ccc(NC(=O)c2ccc(OC(C)C)nc2)cc1Cl. The molecule has 144 valence electrons. The maximum atomic E-state index is 12.3. The summed E-state index contributed by atoms with van der Waals surface area (Å²) in [5, 5.41) is 5.82. The molecule has 0 aliphatic rings. The van der Waals surface area contributed by atoms with Gasteiger partial charge in [0.05, 0.1) is 22.3 Å². The van der Waals surface area contributed by atoms with Gasteiger partial charge in [0.15, 0.2) is 0 Å². The van der Waals surface area contributed by atoms with Crippen molar-refractivity contribution in [1.29, 1.82) is 0 Å². The molecule has 0 unspecified atom stereocenters. The summed E-state index contributed by atoms with van der Waals surface area (Å²) in [7, 11) is 0. The number of carbonyl (C=O) groups excluding carboxylic acids is 2. The van der Waals surface area contributed by atoms with Crippen LogP contribution in [0.5, 0.6) is 5.88 Å². The Bertz CT molecular complexity index is 805. The van der Waals surface area contributed by atoms with Crippen molar-refractivity contribution in [3.63, 3.8) is 0 Å². The minimum absolute atomic E-state index is 0.00979. The first kappa shape index (κ1) is 20.7. The zero-order valence-corrected chi connectivity index (χ0v) is 16.6. The Labute approximate surface area is 164 Å². The Morgan fingerprint density at radius 2 is 1.85 bits per heavy atom. The van der Waals surface area contributed by atoms with Crippen LogP contribution in [0, 0.1) is 5.92 Å². The van der Waals surface area contributed by atoms with Crippen LogP contribution in [0.1, 0.15) is 48.4 Å². The number of pyridine rings is 1. The third kappa shape index (κ3) is 6.25. The minimum atomic E-state index is -0.327. The van der Waals surface area contributed by atoms with Gasteiger partial charge in [0.25, 0.3) is 11.8 Å². The van der Waals surface area contributed by atoms with Gasteiger partial charge >= 0.3 is 0 Å². The number of nitrogens with one attached hydrogen (secondary N) is 2. The predicted octanol–water partition coefficient (Wildman–Crippen LogP) is 4.16. The number of carbonyl (C=O) groups is 2. The lowest BCUT2D eigenvalue weighted by atomic mass is 10.1. The highest BCUT2D eigenvalue weighted by Gasteiger charge is 2.13. The first-order chi connectivity index (χ1) is 12.8. The van der Waals surface area contributed by atoms with Gasteiger partial charge in [-0.25, -0.2) is 4.98 Å². The lowest BCUT2D eigenvalue weighted by molar-refractivity contribution is 0.0948. The van der Waals surface area contributed by atoms with E-state index in [0.717, 1.165) is 0 Å². The summed E-state index contributed by atoms with van der Waals surface area (Å²) in [6, 6.07) is 8.05. The zero-order valence-electron chi connectivity index (χ0n) is 15.9. The van der Waals surface area contributed by atoms with Crippen LogP contribution in [0.3, 0.4) is 0 Å². The predicted molar refractivity (Wildman–Crippen MR) is 107 cm³/mol. The van der Waals surface area contributed by atoms with Crippen molar-refractivity contribution in [2.75, 3.05) is 11.9 Å². The molecule has 0 atom stereocenters. The molecule has 1 aromatic heterocycles. The van der Waals surface area contributed by atoms with Crippen LogP contribution < -0.4 is 15.4 Å². The van der Waals surface area contributed by atoms with E-state index in [1.807, 2.05) is 27.7 Å². The molecule has 1 aromatic carbocycles. The lowest BCUT2D eigenvalue weighted by Crippen LogP contribution is -2.27. The van der Waals surface area contributed by atoms with Gasteiger partial charge in [-0.3, -0.25) is 9.59 Å². The van der Waals surface area contributed by atoms with Crippen LogP contribution >= 0.6 is 11.6 Å². The Kier molecular flexibility index (Phi) is 7.19. The molecule has 1 heterocycles. The Hall–Kier alpha value is -2.60. The second-order valence-electron chi connectivity index (χ2n) is 6.80. The van der Waals surface area contributed by atoms with Crippen LogP contribution in [0.25, 0.3) is 0 Å². The average Bonchev–Trinajstić information content (AvgIpc) is 2.59. The number of rotatable bonds is 7. The second kappa shape index (κ2) is 9.37. The number of halogens is 1. The molecule has 7 heteroatoms. The number of hydrogen-bond acceptors (Lipinski definition) is 4. The number of ether oxygens (including phenoxy) is 1. The molecule has 0 saturated heterocycles. The van der Waals surface area contributed by atoms with Gasteiger partial charge in [-0.15, -0.1) is 0 Å². The van der Waals surface area contributed by atoms with Gasteiger partial charge in [-0.2, -0.15) is 0 Å². The molecule has 2 N–H and O–H groups in total. The summed E-state index contributed by atoms with van der Waals surface area (Å²) in [5.74, 6) is 0.238. The number of hydrogen-bond donors (Lipinski definition) is 2. The van der Waals surface area contributed by atoms with Crippen molar-refractivity contribution in [2.24, 2.45) is 5.92 Å². The Morgan fingerprint density at radius 1 is 1.11 bits per heavy atom. The summed E-state index contributed by atoms with van der Waals surface area (Å²) in [6.07, 6.45) is 1.46. The van der Waals surface area contributed by atoms with E-state index in [4.69, 9.17) is 16.3 Å². The number of benzene rings is 1. The summed E-state index contributed by atoms with van der Waals surface area (Å²) in [6.45, 7) is 8.39. The van der Waals surface area contributed by atoms with Crippen molar-refractivity contribution >= 4 is 29.1 Å². The fourth-order valence-corrected chi connectivity index (χ4v) is 2.46. The monoisotopic (exact) mass is 389 g/mol. The number of nitrogens with zero attached hydrogens (tertiary/aromatic N) is 1. The maximum Gasteiger partial charge on any atom is 0.257 e. The van der Waals surface area contributed by atoms with E-state index in [9.17, 15) is 9.59 Å². The fourth-order valence-electron chi connectivity index (χ4n) is 2.20. The normalized spacial score (nSPS) is 10.8. The molecule has 0 saturated carbocycles. The van der Waals surface area contributed by atoms with Crippen LogP contribution in [0.15, 0.2) is 36.5 Å². The minimum Gasteiger partial charge on any atom is -0.475 e. The van der Waals surface area contributed by atoms with E-state index in [1.54, 1.807) is 30.3 Å². The molecule has 27 heavy (non-hydrogen) atoms. The molecular formula is C20H24ClN3O3. The van der Waals surface area contributed by atoms with Crippen LogP contribution in [0.4, 0.5) is 5.69 Å². The van der Waals surface area contributed by atoms with Crippen molar-refractivity contribution in [3.8, 4) is 5.88 Å². The first-order valence-corrected chi connectivity index (χ1v) is 9.16. The molecule has 0 spiro atoms. The molecule has 2 rings (SSSR count). The highest BCUT2D eigenvalue weighted by Crippen LogP contribution is 2.22. The van der Waals surface area contributed by atoms with E-state index in [0.29, 0.717) is 35.2 Å². The molecule has 0 aliphatic heterocycles. The molecule has 0 radical (unpaired) electrons.